The summed E-state index contributed by atoms with van der Waals surface area (Å²) in [6.07, 6.45) is -4.30. The molecule has 0 radical (unpaired) electrons. The van der Waals surface area contributed by atoms with E-state index < -0.39 is 12.2 Å². The molecule has 0 saturated heterocycles. The number of fused-ring (bicyclic) bond motifs is 1. The first kappa shape index (κ1) is 14.2. The van der Waals surface area contributed by atoms with E-state index in [1.54, 1.807) is 19.1 Å². The Labute approximate surface area is 111 Å². The number of ether oxygens (including phenoxy) is 1. The SMILES string of the molecule is CCNC(c1ccc2c(c1)C(C)(C)CO2)C(F)(F)F. The smallest absolute Gasteiger partial charge is 0.407 e. The molecule has 1 aromatic rings. The van der Waals surface area contributed by atoms with Crippen LogP contribution in [0, 0.1) is 0 Å². The van der Waals surface area contributed by atoms with E-state index in [9.17, 15) is 13.2 Å². The maximum Gasteiger partial charge on any atom is 0.407 e. The molecule has 106 valence electrons. The van der Waals surface area contributed by atoms with Gasteiger partial charge in [0, 0.05) is 11.0 Å². The standard InChI is InChI=1S/C14H18F3NO/c1-4-18-12(14(15,16)17)9-5-6-11-10(7-9)13(2,3)8-19-11/h5-7,12,18H,4,8H2,1-3H3. The molecule has 1 unspecified atom stereocenters. The first-order valence-corrected chi connectivity index (χ1v) is 6.33. The topological polar surface area (TPSA) is 21.3 Å². The average molecular weight is 273 g/mol. The minimum atomic E-state index is -4.30. The van der Waals surface area contributed by atoms with Crippen LogP contribution in [0.2, 0.25) is 0 Å². The second-order valence-electron chi connectivity index (χ2n) is 5.46. The summed E-state index contributed by atoms with van der Waals surface area (Å²) in [4.78, 5) is 0. The first-order valence-electron chi connectivity index (χ1n) is 6.33. The third-order valence-electron chi connectivity index (χ3n) is 3.39. The zero-order valence-electron chi connectivity index (χ0n) is 11.3. The van der Waals surface area contributed by atoms with Gasteiger partial charge >= 0.3 is 6.18 Å². The van der Waals surface area contributed by atoms with E-state index in [-0.39, 0.29) is 17.5 Å². The lowest BCUT2D eigenvalue weighted by molar-refractivity contribution is -0.157. The number of alkyl halides is 3. The van der Waals surface area contributed by atoms with Crippen LogP contribution in [0.3, 0.4) is 0 Å². The van der Waals surface area contributed by atoms with E-state index in [2.05, 4.69) is 5.32 Å². The molecule has 2 rings (SSSR count). The molecule has 1 aromatic carbocycles. The van der Waals surface area contributed by atoms with Gasteiger partial charge in [0.05, 0.1) is 6.61 Å². The highest BCUT2D eigenvalue weighted by molar-refractivity contribution is 5.46. The van der Waals surface area contributed by atoms with Crippen LogP contribution in [0.5, 0.6) is 5.75 Å². The van der Waals surface area contributed by atoms with Gasteiger partial charge in [0.25, 0.3) is 0 Å². The molecule has 0 fully saturated rings. The minimum absolute atomic E-state index is 0.242. The third kappa shape index (κ3) is 2.71. The normalized spacial score (nSPS) is 18.8. The maximum atomic E-state index is 13.0. The van der Waals surface area contributed by atoms with Crippen molar-refractivity contribution in [2.24, 2.45) is 0 Å². The third-order valence-corrected chi connectivity index (χ3v) is 3.39. The molecule has 0 spiro atoms. The molecule has 0 amide bonds. The number of rotatable bonds is 3. The van der Waals surface area contributed by atoms with Crippen molar-refractivity contribution in [3.63, 3.8) is 0 Å². The number of nitrogens with one attached hydrogen (secondary N) is 1. The van der Waals surface area contributed by atoms with Crippen molar-refractivity contribution in [1.82, 2.24) is 5.32 Å². The molecule has 1 aliphatic rings. The zero-order chi connectivity index (χ0) is 14.3. The summed E-state index contributed by atoms with van der Waals surface area (Å²) in [5.74, 6) is 0.686. The fraction of sp³-hybridized carbons (Fsp3) is 0.571. The Morgan fingerprint density at radius 2 is 2.05 bits per heavy atom. The van der Waals surface area contributed by atoms with Gasteiger partial charge in [-0.05, 0) is 24.2 Å². The Bertz CT molecular complexity index is 468. The number of benzene rings is 1. The summed E-state index contributed by atoms with van der Waals surface area (Å²) >= 11 is 0. The molecule has 2 nitrogen and oxygen atoms in total. The van der Waals surface area contributed by atoms with Gasteiger partial charge in [-0.15, -0.1) is 0 Å². The summed E-state index contributed by atoms with van der Waals surface area (Å²) in [5.41, 5.74) is 0.845. The summed E-state index contributed by atoms with van der Waals surface area (Å²) in [7, 11) is 0. The number of hydrogen-bond donors (Lipinski definition) is 1. The predicted octanol–water partition coefficient (Wildman–Crippen LogP) is 3.57. The Morgan fingerprint density at radius 1 is 1.37 bits per heavy atom. The van der Waals surface area contributed by atoms with Crippen molar-refractivity contribution in [3.8, 4) is 5.75 Å². The van der Waals surface area contributed by atoms with E-state index >= 15 is 0 Å². The van der Waals surface area contributed by atoms with Crippen molar-refractivity contribution in [1.29, 1.82) is 0 Å². The van der Waals surface area contributed by atoms with Gasteiger partial charge in [0.2, 0.25) is 0 Å². The Morgan fingerprint density at radius 3 is 2.63 bits per heavy atom. The van der Waals surface area contributed by atoms with E-state index in [1.807, 2.05) is 13.8 Å². The second-order valence-corrected chi connectivity index (χ2v) is 5.46. The van der Waals surface area contributed by atoms with Crippen LogP contribution in [0.4, 0.5) is 13.2 Å². The fourth-order valence-corrected chi connectivity index (χ4v) is 2.34. The van der Waals surface area contributed by atoms with Crippen molar-refractivity contribution < 1.29 is 17.9 Å². The van der Waals surface area contributed by atoms with Crippen molar-refractivity contribution >= 4 is 0 Å². The largest absolute Gasteiger partial charge is 0.492 e. The van der Waals surface area contributed by atoms with Crippen molar-refractivity contribution in [2.45, 2.75) is 38.4 Å². The molecule has 0 aromatic heterocycles. The maximum absolute atomic E-state index is 13.0. The van der Waals surface area contributed by atoms with Crippen molar-refractivity contribution in [2.75, 3.05) is 13.2 Å². The van der Waals surface area contributed by atoms with Crippen LogP contribution < -0.4 is 10.1 Å². The van der Waals surface area contributed by atoms with Crippen LogP contribution in [0.15, 0.2) is 18.2 Å². The van der Waals surface area contributed by atoms with Gasteiger partial charge in [0.1, 0.15) is 11.8 Å². The van der Waals surface area contributed by atoms with Gasteiger partial charge in [-0.25, -0.2) is 0 Å². The minimum Gasteiger partial charge on any atom is -0.492 e. The molecule has 5 heteroatoms. The van der Waals surface area contributed by atoms with Gasteiger partial charge in [-0.1, -0.05) is 26.8 Å². The highest BCUT2D eigenvalue weighted by Crippen LogP contribution is 2.41. The van der Waals surface area contributed by atoms with Gasteiger partial charge in [0.15, 0.2) is 0 Å². The number of hydrogen-bond acceptors (Lipinski definition) is 2. The highest BCUT2D eigenvalue weighted by atomic mass is 19.4. The molecule has 1 atom stereocenters. The van der Waals surface area contributed by atoms with Crippen LogP contribution in [-0.4, -0.2) is 19.3 Å². The quantitative estimate of drug-likeness (QED) is 0.909. The van der Waals surface area contributed by atoms with E-state index in [0.717, 1.165) is 5.56 Å². The lowest BCUT2D eigenvalue weighted by Crippen LogP contribution is -2.34. The molecule has 0 saturated carbocycles. The molecule has 0 aliphatic carbocycles. The highest BCUT2D eigenvalue weighted by Gasteiger charge is 2.41. The lowest BCUT2D eigenvalue weighted by Gasteiger charge is -2.23. The summed E-state index contributed by atoms with van der Waals surface area (Å²) in [6.45, 7) is 6.38. The molecular formula is C14H18F3NO. The Balaban J connectivity index is 2.41. The molecule has 1 N–H and O–H groups in total. The van der Waals surface area contributed by atoms with E-state index in [1.165, 1.54) is 6.07 Å². The van der Waals surface area contributed by atoms with Crippen LogP contribution in [-0.2, 0) is 5.41 Å². The first-order chi connectivity index (χ1) is 8.75. The summed E-state index contributed by atoms with van der Waals surface area (Å²) in [6, 6.07) is 3.11. The monoisotopic (exact) mass is 273 g/mol. The fourth-order valence-electron chi connectivity index (χ4n) is 2.34. The average Bonchev–Trinajstić information content (AvgIpc) is 2.61. The van der Waals surface area contributed by atoms with E-state index in [4.69, 9.17) is 4.74 Å². The van der Waals surface area contributed by atoms with Crippen LogP contribution >= 0.6 is 0 Å². The molecule has 1 aliphatic heterocycles. The molecular weight excluding hydrogens is 255 g/mol. The second kappa shape index (κ2) is 4.71. The Hall–Kier alpha value is -1.23. The van der Waals surface area contributed by atoms with E-state index in [0.29, 0.717) is 12.4 Å². The predicted molar refractivity (Wildman–Crippen MR) is 67.4 cm³/mol. The molecule has 1 heterocycles. The summed E-state index contributed by atoms with van der Waals surface area (Å²) < 4.78 is 44.6. The van der Waals surface area contributed by atoms with Crippen molar-refractivity contribution in [3.05, 3.63) is 29.3 Å². The van der Waals surface area contributed by atoms with Crippen LogP contribution in [0.1, 0.15) is 37.9 Å². The zero-order valence-corrected chi connectivity index (χ0v) is 11.3. The van der Waals surface area contributed by atoms with Gasteiger partial charge in [-0.2, -0.15) is 13.2 Å². The molecule has 0 bridgehead atoms. The van der Waals surface area contributed by atoms with Gasteiger partial charge in [-0.3, -0.25) is 0 Å². The van der Waals surface area contributed by atoms with Gasteiger partial charge < -0.3 is 10.1 Å². The number of halogens is 3. The van der Waals surface area contributed by atoms with Crippen LogP contribution in [0.25, 0.3) is 0 Å². The molecule has 19 heavy (non-hydrogen) atoms. The summed E-state index contributed by atoms with van der Waals surface area (Å²) in [5, 5.41) is 2.49. The lowest BCUT2D eigenvalue weighted by atomic mass is 9.85. The Kier molecular flexibility index (Phi) is 3.51.